The van der Waals surface area contributed by atoms with Crippen LogP contribution in [0.3, 0.4) is 0 Å². The Morgan fingerprint density at radius 3 is 2.59 bits per heavy atom. The second-order valence-electron chi connectivity index (χ2n) is 4.70. The van der Waals surface area contributed by atoms with Gasteiger partial charge in [-0.3, -0.25) is 0 Å². The van der Waals surface area contributed by atoms with Crippen LogP contribution < -0.4 is 4.74 Å². The first-order valence-corrected chi connectivity index (χ1v) is 7.91. The van der Waals surface area contributed by atoms with Gasteiger partial charge in [0.05, 0.1) is 22.3 Å². The first-order chi connectivity index (χ1) is 10.6. The summed E-state index contributed by atoms with van der Waals surface area (Å²) in [7, 11) is 0. The lowest BCUT2D eigenvalue weighted by Crippen LogP contribution is -2.10. The zero-order valence-electron chi connectivity index (χ0n) is 12.6. The number of nitrogens with zero attached hydrogens (tertiary/aromatic N) is 2. The predicted octanol–water partition coefficient (Wildman–Crippen LogP) is 3.83. The summed E-state index contributed by atoms with van der Waals surface area (Å²) in [6.07, 6.45) is 1.24. The van der Waals surface area contributed by atoms with Gasteiger partial charge in [-0.1, -0.05) is 42.3 Å². The molecule has 4 nitrogen and oxygen atoms in total. The van der Waals surface area contributed by atoms with E-state index in [0.717, 1.165) is 16.8 Å². The van der Waals surface area contributed by atoms with Gasteiger partial charge < -0.3 is 9.84 Å². The Balaban J connectivity index is 2.50. The van der Waals surface area contributed by atoms with Gasteiger partial charge in [0, 0.05) is 12.0 Å². The number of hydrogen-bond acceptors (Lipinski definition) is 4. The van der Waals surface area contributed by atoms with Crippen LogP contribution in [-0.2, 0) is 19.4 Å². The van der Waals surface area contributed by atoms with Crippen LogP contribution in [0.1, 0.15) is 36.5 Å². The summed E-state index contributed by atoms with van der Waals surface area (Å²) in [4.78, 5) is 8.66. The first-order valence-electron chi connectivity index (χ1n) is 7.15. The van der Waals surface area contributed by atoms with Crippen LogP contribution in [0.2, 0.25) is 10.0 Å². The van der Waals surface area contributed by atoms with Crippen molar-refractivity contribution in [1.82, 2.24) is 9.97 Å². The maximum atomic E-state index is 9.29. The molecule has 0 aliphatic carbocycles. The topological polar surface area (TPSA) is 55.2 Å². The average Bonchev–Trinajstić information content (AvgIpc) is 2.53. The van der Waals surface area contributed by atoms with Crippen molar-refractivity contribution in [3.63, 3.8) is 0 Å². The summed E-state index contributed by atoms with van der Waals surface area (Å²) in [5, 5.41) is 10.3. The van der Waals surface area contributed by atoms with E-state index in [0.29, 0.717) is 41.2 Å². The van der Waals surface area contributed by atoms with Crippen LogP contribution in [0, 0.1) is 0 Å². The fraction of sp³-hybridized carbons (Fsp3) is 0.375. The van der Waals surface area contributed by atoms with Crippen molar-refractivity contribution in [1.29, 1.82) is 0 Å². The van der Waals surface area contributed by atoms with Crippen LogP contribution in [0.25, 0.3) is 0 Å². The van der Waals surface area contributed by atoms with Crippen LogP contribution >= 0.6 is 23.2 Å². The van der Waals surface area contributed by atoms with Crippen LogP contribution in [-0.4, -0.2) is 21.7 Å². The van der Waals surface area contributed by atoms with Crippen LogP contribution in [0.15, 0.2) is 18.2 Å². The van der Waals surface area contributed by atoms with Crippen molar-refractivity contribution in [2.24, 2.45) is 0 Å². The molecule has 0 amide bonds. The van der Waals surface area contributed by atoms with Crippen LogP contribution in [0.5, 0.6) is 5.88 Å². The monoisotopic (exact) mass is 340 g/mol. The summed E-state index contributed by atoms with van der Waals surface area (Å²) < 4.78 is 5.63. The van der Waals surface area contributed by atoms with Crippen molar-refractivity contribution in [2.45, 2.75) is 33.3 Å². The second-order valence-corrected chi connectivity index (χ2v) is 5.49. The molecule has 22 heavy (non-hydrogen) atoms. The molecule has 2 rings (SSSR count). The summed E-state index contributed by atoms with van der Waals surface area (Å²) in [6, 6.07) is 5.53. The number of hydrogen-bond donors (Lipinski definition) is 1. The summed E-state index contributed by atoms with van der Waals surface area (Å²) in [5.74, 6) is 0.857. The molecular weight excluding hydrogens is 323 g/mol. The molecule has 0 aliphatic rings. The lowest BCUT2D eigenvalue weighted by atomic mass is 10.0. The number of ether oxygens (including phenoxy) is 1. The van der Waals surface area contributed by atoms with E-state index in [1.165, 1.54) is 0 Å². The van der Waals surface area contributed by atoms with E-state index < -0.39 is 0 Å². The van der Waals surface area contributed by atoms with E-state index in [1.807, 2.05) is 26.0 Å². The zero-order chi connectivity index (χ0) is 16.1. The molecule has 6 heteroatoms. The maximum absolute atomic E-state index is 9.29. The second kappa shape index (κ2) is 7.77. The molecule has 0 saturated carbocycles. The van der Waals surface area contributed by atoms with E-state index in [9.17, 15) is 5.11 Å². The zero-order valence-corrected chi connectivity index (χ0v) is 14.1. The number of halogens is 2. The lowest BCUT2D eigenvalue weighted by Gasteiger charge is -2.15. The number of aliphatic hydroxyl groups is 1. The fourth-order valence-corrected chi connectivity index (χ4v) is 2.62. The molecule has 1 aromatic heterocycles. The molecule has 1 N–H and O–H groups in total. The molecule has 0 unspecified atom stereocenters. The van der Waals surface area contributed by atoms with Gasteiger partial charge in [0.1, 0.15) is 6.61 Å². The normalized spacial score (nSPS) is 10.8. The number of aryl methyl sites for hydroxylation is 1. The molecule has 0 fully saturated rings. The Bertz CT molecular complexity index is 663. The van der Waals surface area contributed by atoms with Crippen molar-refractivity contribution in [3.05, 3.63) is 50.9 Å². The lowest BCUT2D eigenvalue weighted by molar-refractivity contribution is 0.264. The Morgan fingerprint density at radius 1 is 1.18 bits per heavy atom. The minimum absolute atomic E-state index is 0.217. The first kappa shape index (κ1) is 17.0. The molecule has 0 spiro atoms. The van der Waals surface area contributed by atoms with Gasteiger partial charge in [-0.15, -0.1) is 0 Å². The van der Waals surface area contributed by atoms with Crippen molar-refractivity contribution in [3.8, 4) is 5.88 Å². The Hall–Kier alpha value is -1.36. The molecule has 0 atom stereocenters. The van der Waals surface area contributed by atoms with E-state index in [4.69, 9.17) is 27.9 Å². The van der Waals surface area contributed by atoms with Gasteiger partial charge in [0.25, 0.3) is 0 Å². The molecular formula is C16H18Cl2N2O2. The summed E-state index contributed by atoms with van der Waals surface area (Å²) in [5.41, 5.74) is 2.62. The maximum Gasteiger partial charge on any atom is 0.220 e. The third-order valence-electron chi connectivity index (χ3n) is 3.26. The smallest absolute Gasteiger partial charge is 0.220 e. The highest BCUT2D eigenvalue weighted by atomic mass is 35.5. The predicted molar refractivity (Wildman–Crippen MR) is 87.8 cm³/mol. The van der Waals surface area contributed by atoms with Crippen molar-refractivity contribution in [2.75, 3.05) is 6.61 Å². The quantitative estimate of drug-likeness (QED) is 0.868. The highest BCUT2D eigenvalue weighted by molar-refractivity contribution is 6.42. The third kappa shape index (κ3) is 3.69. The van der Waals surface area contributed by atoms with E-state index in [2.05, 4.69) is 9.97 Å². The van der Waals surface area contributed by atoms with E-state index in [1.54, 1.807) is 6.07 Å². The van der Waals surface area contributed by atoms with E-state index in [-0.39, 0.29) is 6.61 Å². The minimum atomic E-state index is -0.217. The van der Waals surface area contributed by atoms with Gasteiger partial charge in [0.2, 0.25) is 5.88 Å². The molecule has 1 heterocycles. The molecule has 0 radical (unpaired) electrons. The number of aromatic nitrogens is 2. The molecule has 0 aliphatic heterocycles. The molecule has 0 saturated heterocycles. The van der Waals surface area contributed by atoms with Crippen molar-refractivity contribution < 1.29 is 9.84 Å². The van der Waals surface area contributed by atoms with Gasteiger partial charge in [0.15, 0.2) is 5.82 Å². The largest absolute Gasteiger partial charge is 0.478 e. The number of rotatable bonds is 6. The molecule has 118 valence electrons. The van der Waals surface area contributed by atoms with Gasteiger partial charge >= 0.3 is 0 Å². The summed E-state index contributed by atoms with van der Waals surface area (Å²) >= 11 is 12.3. The Morgan fingerprint density at radius 2 is 1.95 bits per heavy atom. The van der Waals surface area contributed by atoms with Gasteiger partial charge in [-0.2, -0.15) is 4.98 Å². The van der Waals surface area contributed by atoms with Gasteiger partial charge in [-0.05, 0) is 25.0 Å². The molecule has 1 aromatic carbocycles. The van der Waals surface area contributed by atoms with E-state index >= 15 is 0 Å². The van der Waals surface area contributed by atoms with Gasteiger partial charge in [-0.25, -0.2) is 4.98 Å². The third-order valence-corrected chi connectivity index (χ3v) is 4.12. The Kier molecular flexibility index (Phi) is 6.00. The van der Waals surface area contributed by atoms with Crippen LogP contribution in [0.4, 0.5) is 0 Å². The number of aliphatic hydroxyl groups excluding tert-OH is 1. The highest BCUT2D eigenvalue weighted by Gasteiger charge is 2.16. The van der Waals surface area contributed by atoms with Crippen molar-refractivity contribution >= 4 is 23.2 Å². The minimum Gasteiger partial charge on any atom is -0.478 e. The molecule has 2 aromatic rings. The Labute approximate surface area is 140 Å². The summed E-state index contributed by atoms with van der Waals surface area (Å²) in [6.45, 7) is 4.16. The standard InChI is InChI=1S/C16H18Cl2N2O2/c1-3-13-11(8-10-6-5-7-12(17)15(10)18)16(22-4-2)20-14(9-21)19-13/h5-7,21H,3-4,8-9H2,1-2H3. The highest BCUT2D eigenvalue weighted by Crippen LogP contribution is 2.30. The number of benzene rings is 1. The fourth-order valence-electron chi connectivity index (χ4n) is 2.23. The average molecular weight is 341 g/mol. The SMILES string of the molecule is CCOc1nc(CO)nc(CC)c1Cc1cccc(Cl)c1Cl. The molecule has 0 bridgehead atoms.